The molecule has 2 aliphatic rings. The molecule has 3 aromatic carbocycles. The number of carbonyl (C=O) groups excluding carboxylic acids is 1. The molecule has 49 heavy (non-hydrogen) atoms. The quantitative estimate of drug-likeness (QED) is 0.167. The average Bonchev–Trinajstić information content (AvgIpc) is 3.31. The molecule has 3 heterocycles. The van der Waals surface area contributed by atoms with Crippen LogP contribution in [0.15, 0.2) is 66.7 Å². The molecule has 0 aliphatic carbocycles. The van der Waals surface area contributed by atoms with Crippen molar-refractivity contribution in [2.45, 2.75) is 78.2 Å². The van der Waals surface area contributed by atoms with Crippen LogP contribution in [0, 0.1) is 17.2 Å². The van der Waals surface area contributed by atoms with Crippen molar-refractivity contribution in [2.24, 2.45) is 11.8 Å². The van der Waals surface area contributed by atoms with Gasteiger partial charge in [-0.05, 0) is 91.3 Å². The Kier molecular flexibility index (Phi) is 9.60. The van der Waals surface area contributed by atoms with Crippen molar-refractivity contribution in [3.63, 3.8) is 0 Å². The van der Waals surface area contributed by atoms with Crippen LogP contribution in [0.25, 0.3) is 10.9 Å². The molecule has 0 amide bonds. The van der Waals surface area contributed by atoms with Gasteiger partial charge in [0.25, 0.3) is 0 Å². The summed E-state index contributed by atoms with van der Waals surface area (Å²) in [6.07, 6.45) is 4.31. The summed E-state index contributed by atoms with van der Waals surface area (Å²) in [5, 5.41) is 20.2. The van der Waals surface area contributed by atoms with E-state index in [1.165, 1.54) is 12.0 Å². The van der Waals surface area contributed by atoms with Gasteiger partial charge in [0, 0.05) is 41.8 Å². The van der Waals surface area contributed by atoms with Crippen LogP contribution in [0.2, 0.25) is 0 Å². The van der Waals surface area contributed by atoms with Crippen LogP contribution in [-0.4, -0.2) is 60.0 Å². The lowest BCUT2D eigenvalue weighted by molar-refractivity contribution is 0.0930. The zero-order valence-electron chi connectivity index (χ0n) is 30.3. The number of nitrogens with one attached hydrogen (secondary N) is 1. The van der Waals surface area contributed by atoms with E-state index in [0.717, 1.165) is 71.4 Å². The summed E-state index contributed by atoms with van der Waals surface area (Å²) in [4.78, 5) is 23.9. The first-order chi connectivity index (χ1) is 23.4. The number of amidine groups is 1. The third-order valence-corrected chi connectivity index (χ3v) is 11.0. The fourth-order valence-corrected chi connectivity index (χ4v) is 7.62. The van der Waals surface area contributed by atoms with Gasteiger partial charge < -0.3 is 19.6 Å². The van der Waals surface area contributed by atoms with Gasteiger partial charge in [0.15, 0.2) is 5.78 Å². The number of rotatable bonds is 10. The van der Waals surface area contributed by atoms with Crippen molar-refractivity contribution in [1.82, 2.24) is 9.88 Å². The first-order valence-electron chi connectivity index (χ1n) is 17.8. The van der Waals surface area contributed by atoms with Gasteiger partial charge in [-0.3, -0.25) is 10.2 Å². The highest BCUT2D eigenvalue weighted by Gasteiger charge is 2.47. The average molecular weight is 661 g/mol. The molecule has 2 aliphatic heterocycles. The number of aliphatic hydroxyl groups excluding tert-OH is 1. The summed E-state index contributed by atoms with van der Waals surface area (Å²) in [6, 6.07) is 22.7. The minimum absolute atomic E-state index is 0.0358. The highest BCUT2D eigenvalue weighted by molar-refractivity contribution is 6.07. The Balaban J connectivity index is 1.43. The van der Waals surface area contributed by atoms with Crippen LogP contribution >= 0.6 is 0 Å². The van der Waals surface area contributed by atoms with Gasteiger partial charge >= 0.3 is 0 Å². The predicted octanol–water partition coefficient (Wildman–Crippen LogP) is 8.13. The maximum Gasteiger partial charge on any atom is 0.182 e. The molecule has 1 aromatic heterocycles. The standard InChI is InChI=1S/C42H52N4O3/c1-27(28(2)26-47)20-29-16-17-35-30(21-29)22-33-38(44-35)40(43)46(42(33,6)32-14-10-8-11-15-32)25-37(48)31-23-34(41(3,4)5)39(49-7)36(24-31)45-18-12-9-13-19-45/h8,10-11,14-17,21-24,27-28,43,47H,9,12-13,18-20,25-26H2,1-7H3/t27?,28-,42?/m0/s1. The lowest BCUT2D eigenvalue weighted by atomic mass is 9.83. The minimum Gasteiger partial charge on any atom is -0.494 e. The molecule has 0 bridgehead atoms. The van der Waals surface area contributed by atoms with Crippen molar-refractivity contribution >= 4 is 28.2 Å². The van der Waals surface area contributed by atoms with Gasteiger partial charge in [-0.1, -0.05) is 71.0 Å². The molecule has 7 heteroatoms. The maximum atomic E-state index is 14.6. The number of aromatic nitrogens is 1. The van der Waals surface area contributed by atoms with Gasteiger partial charge in [-0.2, -0.15) is 0 Å². The van der Waals surface area contributed by atoms with Crippen LogP contribution < -0.4 is 9.64 Å². The van der Waals surface area contributed by atoms with Gasteiger partial charge in [0.05, 0.1) is 30.4 Å². The fraction of sp³-hybridized carbons (Fsp3) is 0.452. The van der Waals surface area contributed by atoms with Crippen molar-refractivity contribution in [1.29, 1.82) is 5.41 Å². The Labute approximate surface area is 291 Å². The fourth-order valence-electron chi connectivity index (χ4n) is 7.62. The SMILES string of the molecule is COc1c(N2CCCCC2)cc(C(=O)CN2C(=N)c3nc4ccc(CC(C)[C@@H](C)CO)cc4cc3C2(C)c2ccccc2)cc1C(C)(C)C. The molecule has 1 saturated heterocycles. The van der Waals surface area contributed by atoms with E-state index in [1.54, 1.807) is 7.11 Å². The molecule has 6 rings (SSSR count). The van der Waals surface area contributed by atoms with Gasteiger partial charge in [0.1, 0.15) is 17.3 Å². The third-order valence-electron chi connectivity index (χ3n) is 11.0. The van der Waals surface area contributed by atoms with Crippen molar-refractivity contribution in [2.75, 3.05) is 38.3 Å². The number of pyridine rings is 1. The zero-order valence-corrected chi connectivity index (χ0v) is 30.3. The van der Waals surface area contributed by atoms with E-state index < -0.39 is 5.54 Å². The smallest absolute Gasteiger partial charge is 0.182 e. The summed E-state index contributed by atoms with van der Waals surface area (Å²) in [5.74, 6) is 1.61. The molecular formula is C42H52N4O3. The first-order valence-corrected chi connectivity index (χ1v) is 17.8. The topological polar surface area (TPSA) is 89.8 Å². The second kappa shape index (κ2) is 13.6. The highest BCUT2D eigenvalue weighted by Crippen LogP contribution is 2.45. The Morgan fingerprint density at radius 1 is 1.00 bits per heavy atom. The molecule has 0 spiro atoms. The summed E-state index contributed by atoms with van der Waals surface area (Å²) in [7, 11) is 1.73. The van der Waals surface area contributed by atoms with E-state index in [1.807, 2.05) is 41.3 Å². The number of fused-ring (bicyclic) bond motifs is 2. The summed E-state index contributed by atoms with van der Waals surface area (Å²) in [6.45, 7) is 14.9. The maximum absolute atomic E-state index is 14.6. The number of carbonyl (C=O) groups is 1. The lowest BCUT2D eigenvalue weighted by Gasteiger charge is -2.37. The van der Waals surface area contributed by atoms with Crippen molar-refractivity contribution < 1.29 is 14.6 Å². The number of piperidine rings is 1. The number of aliphatic hydroxyl groups is 1. The Hall–Kier alpha value is -4.23. The summed E-state index contributed by atoms with van der Waals surface area (Å²) in [5.41, 5.74) is 6.18. The van der Waals surface area contributed by atoms with Crippen LogP contribution in [0.4, 0.5) is 5.69 Å². The Morgan fingerprint density at radius 2 is 1.71 bits per heavy atom. The lowest BCUT2D eigenvalue weighted by Crippen LogP contribution is -2.45. The number of Topliss-reactive ketones (excluding diaryl/α,β-unsaturated/α-hetero) is 1. The second-order valence-electron chi connectivity index (χ2n) is 15.4. The van der Waals surface area contributed by atoms with Crippen molar-refractivity contribution in [3.05, 3.63) is 100 Å². The molecule has 4 aromatic rings. The molecule has 258 valence electrons. The number of nitrogens with zero attached hydrogens (tertiary/aromatic N) is 3. The molecule has 2 N–H and O–H groups in total. The number of ether oxygens (including phenoxy) is 1. The summed E-state index contributed by atoms with van der Waals surface area (Å²) < 4.78 is 6.04. The molecule has 3 atom stereocenters. The van der Waals surface area contributed by atoms with E-state index >= 15 is 0 Å². The van der Waals surface area contributed by atoms with Gasteiger partial charge in [-0.25, -0.2) is 4.98 Å². The van der Waals surface area contributed by atoms with E-state index in [-0.39, 0.29) is 36.1 Å². The Morgan fingerprint density at radius 3 is 2.37 bits per heavy atom. The van der Waals surface area contributed by atoms with E-state index in [9.17, 15) is 15.3 Å². The Bertz CT molecular complexity index is 1860. The molecule has 0 radical (unpaired) electrons. The number of hydrogen-bond donors (Lipinski definition) is 2. The van der Waals surface area contributed by atoms with Crippen LogP contribution in [-0.2, 0) is 17.4 Å². The minimum atomic E-state index is -0.783. The van der Waals surface area contributed by atoms with Crippen molar-refractivity contribution in [3.8, 4) is 5.75 Å². The van der Waals surface area contributed by atoms with E-state index in [0.29, 0.717) is 17.2 Å². The first kappa shape index (κ1) is 34.6. The van der Waals surface area contributed by atoms with Gasteiger partial charge in [0.2, 0.25) is 0 Å². The molecule has 7 nitrogen and oxygen atoms in total. The largest absolute Gasteiger partial charge is 0.494 e. The molecule has 2 unspecified atom stereocenters. The number of anilines is 1. The number of hydrogen-bond acceptors (Lipinski definition) is 6. The highest BCUT2D eigenvalue weighted by atomic mass is 16.5. The number of methoxy groups -OCH3 is 1. The van der Waals surface area contributed by atoms with Crippen LogP contribution in [0.3, 0.4) is 0 Å². The van der Waals surface area contributed by atoms with E-state index in [4.69, 9.17) is 9.72 Å². The third kappa shape index (κ3) is 6.45. The van der Waals surface area contributed by atoms with Crippen LogP contribution in [0.1, 0.15) is 99.1 Å². The van der Waals surface area contributed by atoms with Crippen LogP contribution in [0.5, 0.6) is 5.75 Å². The van der Waals surface area contributed by atoms with E-state index in [2.05, 4.69) is 76.8 Å². The molecular weight excluding hydrogens is 608 g/mol. The summed E-state index contributed by atoms with van der Waals surface area (Å²) >= 11 is 0. The molecule has 0 saturated carbocycles. The number of benzene rings is 3. The van der Waals surface area contributed by atoms with Gasteiger partial charge in [-0.15, -0.1) is 0 Å². The number of ketones is 1. The normalized spacial score (nSPS) is 19.2. The zero-order chi connectivity index (χ0) is 35.1. The molecule has 1 fully saturated rings. The second-order valence-corrected chi connectivity index (χ2v) is 15.4. The monoisotopic (exact) mass is 660 g/mol. The predicted molar refractivity (Wildman–Crippen MR) is 199 cm³/mol.